The number of hydrogen-bond donors (Lipinski definition) is 1. The summed E-state index contributed by atoms with van der Waals surface area (Å²) in [6.07, 6.45) is 14.6. The third-order valence-electron chi connectivity index (χ3n) is 6.98. The molecule has 30 heavy (non-hydrogen) atoms. The average Bonchev–Trinajstić information content (AvgIpc) is 2.66. The molecule has 0 bridgehead atoms. The SMILES string of the molecule is C/C(=C\CCC(C)CCCC1(C)CCc2c(C)c(O)cc(C)c2O1)CCCC(C)C. The van der Waals surface area contributed by atoms with Crippen LogP contribution in [0.15, 0.2) is 17.7 Å². The molecule has 0 saturated heterocycles. The molecule has 0 spiro atoms. The van der Waals surface area contributed by atoms with Crippen molar-refractivity contribution in [3.63, 3.8) is 0 Å². The van der Waals surface area contributed by atoms with Gasteiger partial charge in [0, 0.05) is 5.56 Å². The molecule has 170 valence electrons. The van der Waals surface area contributed by atoms with Crippen molar-refractivity contribution < 1.29 is 9.84 Å². The summed E-state index contributed by atoms with van der Waals surface area (Å²) in [5.74, 6) is 3.01. The van der Waals surface area contributed by atoms with Crippen LogP contribution in [-0.4, -0.2) is 10.7 Å². The monoisotopic (exact) mass is 414 g/mol. The van der Waals surface area contributed by atoms with E-state index in [2.05, 4.69) is 40.7 Å². The van der Waals surface area contributed by atoms with Crippen molar-refractivity contribution in [2.45, 2.75) is 118 Å². The Morgan fingerprint density at radius 2 is 1.90 bits per heavy atom. The van der Waals surface area contributed by atoms with Crippen LogP contribution < -0.4 is 4.74 Å². The molecule has 2 heteroatoms. The maximum Gasteiger partial charge on any atom is 0.126 e. The van der Waals surface area contributed by atoms with Crippen LogP contribution in [-0.2, 0) is 6.42 Å². The second-order valence-electron chi connectivity index (χ2n) is 10.6. The Morgan fingerprint density at radius 1 is 1.17 bits per heavy atom. The van der Waals surface area contributed by atoms with Crippen molar-refractivity contribution in [3.8, 4) is 11.5 Å². The molecule has 0 amide bonds. The molecular weight excluding hydrogens is 368 g/mol. The molecule has 0 aromatic heterocycles. The number of rotatable bonds is 11. The molecule has 1 aliphatic rings. The third kappa shape index (κ3) is 7.36. The predicted molar refractivity (Wildman–Crippen MR) is 130 cm³/mol. The van der Waals surface area contributed by atoms with E-state index in [-0.39, 0.29) is 5.60 Å². The van der Waals surface area contributed by atoms with Crippen molar-refractivity contribution in [2.24, 2.45) is 11.8 Å². The molecule has 2 atom stereocenters. The second-order valence-corrected chi connectivity index (χ2v) is 10.6. The van der Waals surface area contributed by atoms with Crippen LogP contribution in [0.1, 0.15) is 109 Å². The van der Waals surface area contributed by atoms with Gasteiger partial charge in [-0.05, 0) is 108 Å². The zero-order chi connectivity index (χ0) is 22.3. The van der Waals surface area contributed by atoms with Gasteiger partial charge in [0.2, 0.25) is 0 Å². The van der Waals surface area contributed by atoms with Crippen LogP contribution in [0.25, 0.3) is 0 Å². The molecule has 0 aliphatic carbocycles. The molecule has 2 unspecified atom stereocenters. The highest BCUT2D eigenvalue weighted by Gasteiger charge is 2.33. The average molecular weight is 415 g/mol. The quantitative estimate of drug-likeness (QED) is 0.368. The summed E-state index contributed by atoms with van der Waals surface area (Å²) in [5, 5.41) is 10.1. The van der Waals surface area contributed by atoms with Gasteiger partial charge in [0.15, 0.2) is 0 Å². The standard InChI is InChI=1S/C28H46O2/c1-20(2)11-8-12-21(3)13-9-14-22(4)15-10-17-28(7)18-16-25-24(6)26(29)19-23(5)27(25)30-28/h13,19-20,22,29H,8-12,14-18H2,1-7H3/b21-13+. The highest BCUT2D eigenvalue weighted by Crippen LogP contribution is 2.42. The topological polar surface area (TPSA) is 29.5 Å². The summed E-state index contributed by atoms with van der Waals surface area (Å²) in [7, 11) is 0. The van der Waals surface area contributed by atoms with Crippen molar-refractivity contribution in [1.29, 1.82) is 0 Å². The van der Waals surface area contributed by atoms with E-state index in [4.69, 9.17) is 4.74 Å². The molecule has 1 aromatic rings. The number of benzene rings is 1. The second kappa shape index (κ2) is 11.3. The van der Waals surface area contributed by atoms with Crippen LogP contribution in [0.3, 0.4) is 0 Å². The van der Waals surface area contributed by atoms with Crippen LogP contribution in [0.5, 0.6) is 11.5 Å². The van der Waals surface area contributed by atoms with Gasteiger partial charge in [-0.3, -0.25) is 0 Å². The lowest BCUT2D eigenvalue weighted by Gasteiger charge is -2.37. The lowest BCUT2D eigenvalue weighted by atomic mass is 9.84. The van der Waals surface area contributed by atoms with Gasteiger partial charge >= 0.3 is 0 Å². The number of phenols is 1. The zero-order valence-electron chi connectivity index (χ0n) is 20.7. The lowest BCUT2D eigenvalue weighted by molar-refractivity contribution is 0.0513. The minimum absolute atomic E-state index is 0.0756. The van der Waals surface area contributed by atoms with Gasteiger partial charge in [-0.25, -0.2) is 0 Å². The molecule has 1 aromatic carbocycles. The maximum absolute atomic E-state index is 10.1. The van der Waals surface area contributed by atoms with Crippen molar-refractivity contribution in [2.75, 3.05) is 0 Å². The summed E-state index contributed by atoms with van der Waals surface area (Å²) >= 11 is 0. The summed E-state index contributed by atoms with van der Waals surface area (Å²) in [4.78, 5) is 0. The Bertz CT molecular complexity index is 716. The largest absolute Gasteiger partial charge is 0.508 e. The molecule has 0 saturated carbocycles. The summed E-state index contributed by atoms with van der Waals surface area (Å²) in [6, 6.07) is 1.85. The lowest BCUT2D eigenvalue weighted by Crippen LogP contribution is -2.37. The first-order valence-corrected chi connectivity index (χ1v) is 12.3. The summed E-state index contributed by atoms with van der Waals surface area (Å²) < 4.78 is 6.51. The zero-order valence-corrected chi connectivity index (χ0v) is 20.7. The Morgan fingerprint density at radius 3 is 2.60 bits per heavy atom. The number of hydrogen-bond acceptors (Lipinski definition) is 2. The third-order valence-corrected chi connectivity index (χ3v) is 6.98. The molecular formula is C28H46O2. The fourth-order valence-electron chi connectivity index (χ4n) is 4.72. The van der Waals surface area contributed by atoms with E-state index in [1.165, 1.54) is 50.5 Å². The van der Waals surface area contributed by atoms with E-state index in [1.807, 2.05) is 19.9 Å². The Balaban J connectivity index is 1.74. The van der Waals surface area contributed by atoms with E-state index in [0.717, 1.165) is 48.0 Å². The van der Waals surface area contributed by atoms with Crippen molar-refractivity contribution >= 4 is 0 Å². The first kappa shape index (κ1) is 24.8. The minimum Gasteiger partial charge on any atom is -0.508 e. The van der Waals surface area contributed by atoms with E-state index in [9.17, 15) is 5.11 Å². The number of aryl methyl sites for hydroxylation is 1. The normalized spacial score (nSPS) is 20.2. The Labute approximate surface area is 186 Å². The van der Waals surface area contributed by atoms with Gasteiger partial charge in [-0.1, -0.05) is 45.3 Å². The number of allylic oxidation sites excluding steroid dienone is 2. The van der Waals surface area contributed by atoms with Gasteiger partial charge in [-0.15, -0.1) is 0 Å². The fraction of sp³-hybridized carbons (Fsp3) is 0.714. The Kier molecular flexibility index (Phi) is 9.31. The van der Waals surface area contributed by atoms with E-state index in [0.29, 0.717) is 5.75 Å². The van der Waals surface area contributed by atoms with Gasteiger partial charge in [-0.2, -0.15) is 0 Å². The molecule has 1 N–H and O–H groups in total. The molecule has 2 rings (SSSR count). The van der Waals surface area contributed by atoms with E-state index in [1.54, 1.807) is 5.57 Å². The highest BCUT2D eigenvalue weighted by molar-refractivity contribution is 5.53. The number of aromatic hydroxyl groups is 1. The fourth-order valence-corrected chi connectivity index (χ4v) is 4.72. The van der Waals surface area contributed by atoms with Gasteiger partial charge in [0.05, 0.1) is 0 Å². The van der Waals surface area contributed by atoms with Crippen LogP contribution in [0.2, 0.25) is 0 Å². The molecule has 0 radical (unpaired) electrons. The van der Waals surface area contributed by atoms with Gasteiger partial charge < -0.3 is 9.84 Å². The highest BCUT2D eigenvalue weighted by atomic mass is 16.5. The minimum atomic E-state index is -0.0756. The van der Waals surface area contributed by atoms with Crippen LogP contribution in [0, 0.1) is 25.7 Å². The van der Waals surface area contributed by atoms with Crippen LogP contribution >= 0.6 is 0 Å². The van der Waals surface area contributed by atoms with Crippen molar-refractivity contribution in [1.82, 2.24) is 0 Å². The number of fused-ring (bicyclic) bond motifs is 1. The Hall–Kier alpha value is -1.44. The first-order valence-electron chi connectivity index (χ1n) is 12.3. The first-order chi connectivity index (χ1) is 14.1. The smallest absolute Gasteiger partial charge is 0.126 e. The molecule has 1 heterocycles. The van der Waals surface area contributed by atoms with Gasteiger partial charge in [0.25, 0.3) is 0 Å². The summed E-state index contributed by atoms with van der Waals surface area (Å²) in [5.41, 5.74) is 4.74. The van der Waals surface area contributed by atoms with E-state index >= 15 is 0 Å². The number of ether oxygens (including phenoxy) is 1. The van der Waals surface area contributed by atoms with E-state index < -0.39 is 0 Å². The number of phenolic OH excluding ortho intramolecular Hbond substituents is 1. The maximum atomic E-state index is 10.1. The van der Waals surface area contributed by atoms with Gasteiger partial charge in [0.1, 0.15) is 17.1 Å². The van der Waals surface area contributed by atoms with Crippen LogP contribution in [0.4, 0.5) is 0 Å². The molecule has 1 aliphatic heterocycles. The predicted octanol–water partition coefficient (Wildman–Crippen LogP) is 8.45. The molecule has 2 nitrogen and oxygen atoms in total. The molecule has 0 fully saturated rings. The summed E-state index contributed by atoms with van der Waals surface area (Å²) in [6.45, 7) is 15.6. The van der Waals surface area contributed by atoms with Crippen molar-refractivity contribution in [3.05, 3.63) is 34.4 Å².